The predicted octanol–water partition coefficient (Wildman–Crippen LogP) is 4.69. The maximum atomic E-state index is 14.6. The Hall–Kier alpha value is -2.13. The van der Waals surface area contributed by atoms with Gasteiger partial charge in [-0.05, 0) is 18.2 Å². The third kappa shape index (κ3) is 2.69. The minimum absolute atomic E-state index is 0.127. The van der Waals surface area contributed by atoms with Gasteiger partial charge in [0.05, 0.1) is 12.2 Å². The van der Waals surface area contributed by atoms with Gasteiger partial charge in [-0.2, -0.15) is 0 Å². The van der Waals surface area contributed by atoms with Crippen LogP contribution in [0.5, 0.6) is 5.75 Å². The van der Waals surface area contributed by atoms with E-state index in [2.05, 4.69) is 0 Å². The quantitative estimate of drug-likeness (QED) is 0.715. The fraction of sp³-hybridized carbons (Fsp3) is 0.118. The van der Waals surface area contributed by atoms with Gasteiger partial charge in [0.25, 0.3) is 0 Å². The van der Waals surface area contributed by atoms with Gasteiger partial charge < -0.3 is 4.74 Å². The highest BCUT2D eigenvalue weighted by atomic mass is 35.5. The number of hydrogen-bond acceptors (Lipinski definition) is 2. The van der Waals surface area contributed by atoms with Crippen molar-refractivity contribution in [2.24, 2.45) is 0 Å². The van der Waals surface area contributed by atoms with Crippen molar-refractivity contribution in [3.8, 4) is 5.75 Å². The number of fused-ring (bicyclic) bond motifs is 1. The lowest BCUT2D eigenvalue weighted by Crippen LogP contribution is -2.04. The molecule has 0 fully saturated rings. The smallest absolute Gasteiger partial charge is 0.195 e. The van der Waals surface area contributed by atoms with Crippen molar-refractivity contribution in [2.45, 2.75) is 6.42 Å². The van der Waals surface area contributed by atoms with Crippen molar-refractivity contribution >= 4 is 23.2 Å². The summed E-state index contributed by atoms with van der Waals surface area (Å²) in [4.78, 5) is 12.6. The predicted molar refractivity (Wildman–Crippen MR) is 80.4 cm³/mol. The van der Waals surface area contributed by atoms with E-state index in [4.69, 9.17) is 16.3 Å². The van der Waals surface area contributed by atoms with Crippen molar-refractivity contribution < 1.29 is 13.9 Å². The van der Waals surface area contributed by atoms with Gasteiger partial charge in [-0.3, -0.25) is 4.79 Å². The Bertz CT molecular complexity index is 723. The number of rotatable bonds is 1. The van der Waals surface area contributed by atoms with Crippen LogP contribution < -0.4 is 4.74 Å². The number of carbonyl (C=O) groups excluding carboxylic acids is 1. The van der Waals surface area contributed by atoms with E-state index in [9.17, 15) is 9.18 Å². The zero-order valence-corrected chi connectivity index (χ0v) is 11.9. The van der Waals surface area contributed by atoms with Crippen molar-refractivity contribution in [1.82, 2.24) is 0 Å². The van der Waals surface area contributed by atoms with Crippen LogP contribution in [-0.2, 0) is 0 Å². The molecule has 2 aromatic carbocycles. The largest absolute Gasteiger partial charge is 0.492 e. The van der Waals surface area contributed by atoms with Gasteiger partial charge in [0, 0.05) is 22.6 Å². The summed E-state index contributed by atoms with van der Waals surface area (Å²) >= 11 is 5.92. The molecule has 0 aromatic heterocycles. The summed E-state index contributed by atoms with van der Waals surface area (Å²) in [6.07, 6.45) is 0.228. The van der Waals surface area contributed by atoms with Crippen LogP contribution in [0.1, 0.15) is 22.3 Å². The van der Waals surface area contributed by atoms with Crippen molar-refractivity contribution in [2.75, 3.05) is 6.61 Å². The molecule has 0 radical (unpaired) electrons. The molecule has 4 heteroatoms. The SMILES string of the molecule is O=C1C(=C(F)c2ccccc2)CCOc2ccc(Cl)cc21. The molecule has 0 unspecified atom stereocenters. The van der Waals surface area contributed by atoms with E-state index in [1.165, 1.54) is 6.07 Å². The van der Waals surface area contributed by atoms with E-state index < -0.39 is 5.83 Å². The van der Waals surface area contributed by atoms with Gasteiger partial charge in [0.1, 0.15) is 11.6 Å². The summed E-state index contributed by atoms with van der Waals surface area (Å²) in [5, 5.41) is 0.423. The standard InChI is InChI=1S/C17H12ClFO2/c18-12-6-7-15-14(10-12)17(20)13(8-9-21-15)16(19)11-4-2-1-3-5-11/h1-7,10H,8-9H2. The van der Waals surface area contributed by atoms with Gasteiger partial charge >= 0.3 is 0 Å². The molecule has 1 aliphatic heterocycles. The van der Waals surface area contributed by atoms with Crippen LogP contribution in [0, 0.1) is 0 Å². The van der Waals surface area contributed by atoms with Crippen LogP contribution in [-0.4, -0.2) is 12.4 Å². The van der Waals surface area contributed by atoms with E-state index in [-0.39, 0.29) is 24.4 Å². The third-order valence-corrected chi connectivity index (χ3v) is 3.60. The number of carbonyl (C=O) groups is 1. The number of halogens is 2. The third-order valence-electron chi connectivity index (χ3n) is 3.36. The molecular weight excluding hydrogens is 291 g/mol. The zero-order valence-electron chi connectivity index (χ0n) is 11.1. The molecule has 0 bridgehead atoms. The van der Waals surface area contributed by atoms with E-state index in [1.54, 1.807) is 42.5 Å². The summed E-state index contributed by atoms with van der Waals surface area (Å²) in [6.45, 7) is 0.260. The molecule has 3 rings (SSSR count). The number of ether oxygens (including phenoxy) is 1. The van der Waals surface area contributed by atoms with Gasteiger partial charge in [0.15, 0.2) is 5.78 Å². The number of hydrogen-bond donors (Lipinski definition) is 0. The number of Topliss-reactive ketones (excluding diaryl/α,β-unsaturated/α-hetero) is 1. The van der Waals surface area contributed by atoms with Crippen molar-refractivity contribution in [3.05, 3.63) is 70.3 Å². The normalized spacial score (nSPS) is 16.8. The molecule has 21 heavy (non-hydrogen) atoms. The average molecular weight is 303 g/mol. The minimum atomic E-state index is -0.503. The van der Waals surface area contributed by atoms with E-state index in [0.29, 0.717) is 21.9 Å². The summed E-state index contributed by atoms with van der Waals surface area (Å²) in [5.41, 5.74) is 0.828. The zero-order chi connectivity index (χ0) is 14.8. The van der Waals surface area contributed by atoms with E-state index in [1.807, 2.05) is 0 Å². The summed E-state index contributed by atoms with van der Waals surface area (Å²) in [6, 6.07) is 13.3. The second-order valence-electron chi connectivity index (χ2n) is 4.73. The monoisotopic (exact) mass is 302 g/mol. The van der Waals surface area contributed by atoms with Crippen LogP contribution in [0.3, 0.4) is 0 Å². The van der Waals surface area contributed by atoms with Crippen molar-refractivity contribution in [1.29, 1.82) is 0 Å². The topological polar surface area (TPSA) is 26.3 Å². The lowest BCUT2D eigenvalue weighted by molar-refractivity contribution is 0.103. The van der Waals surface area contributed by atoms with Gasteiger partial charge in [-0.15, -0.1) is 0 Å². The van der Waals surface area contributed by atoms with Crippen LogP contribution in [0.2, 0.25) is 5.02 Å². The first-order valence-corrected chi connectivity index (χ1v) is 6.96. The minimum Gasteiger partial charge on any atom is -0.492 e. The second kappa shape index (κ2) is 5.70. The Morgan fingerprint density at radius 1 is 1.14 bits per heavy atom. The maximum absolute atomic E-state index is 14.6. The van der Waals surface area contributed by atoms with Crippen molar-refractivity contribution in [3.63, 3.8) is 0 Å². The molecule has 1 heterocycles. The van der Waals surface area contributed by atoms with Gasteiger partial charge in [-0.25, -0.2) is 4.39 Å². The Morgan fingerprint density at radius 2 is 1.90 bits per heavy atom. The van der Waals surface area contributed by atoms with Crippen LogP contribution in [0.4, 0.5) is 4.39 Å². The molecule has 1 aliphatic rings. The Balaban J connectivity index is 2.11. The van der Waals surface area contributed by atoms with Crippen LogP contribution in [0.25, 0.3) is 5.83 Å². The van der Waals surface area contributed by atoms with Crippen LogP contribution in [0.15, 0.2) is 54.1 Å². The highest BCUT2D eigenvalue weighted by Gasteiger charge is 2.25. The lowest BCUT2D eigenvalue weighted by Gasteiger charge is -2.06. The fourth-order valence-corrected chi connectivity index (χ4v) is 2.48. The number of benzene rings is 2. The van der Waals surface area contributed by atoms with E-state index in [0.717, 1.165) is 0 Å². The fourth-order valence-electron chi connectivity index (χ4n) is 2.31. The first-order valence-electron chi connectivity index (χ1n) is 6.58. The Kier molecular flexibility index (Phi) is 3.76. The molecule has 0 amide bonds. The van der Waals surface area contributed by atoms with Crippen LogP contribution >= 0.6 is 11.6 Å². The summed E-state index contributed by atoms with van der Waals surface area (Å²) < 4.78 is 20.1. The molecule has 0 aliphatic carbocycles. The Labute approximate surface area is 126 Å². The molecular formula is C17H12ClFO2. The highest BCUT2D eigenvalue weighted by molar-refractivity contribution is 6.31. The van der Waals surface area contributed by atoms with Gasteiger partial charge in [-0.1, -0.05) is 41.9 Å². The molecule has 2 nitrogen and oxygen atoms in total. The van der Waals surface area contributed by atoms with Gasteiger partial charge in [0.2, 0.25) is 0 Å². The maximum Gasteiger partial charge on any atom is 0.195 e. The van der Waals surface area contributed by atoms with E-state index >= 15 is 0 Å². The molecule has 0 spiro atoms. The first kappa shape index (κ1) is 13.8. The first-order chi connectivity index (χ1) is 10.2. The summed E-state index contributed by atoms with van der Waals surface area (Å²) in [5.74, 6) is -0.427. The summed E-state index contributed by atoms with van der Waals surface area (Å²) in [7, 11) is 0. The lowest BCUT2D eigenvalue weighted by atomic mass is 9.98. The molecule has 0 atom stereocenters. The Morgan fingerprint density at radius 3 is 2.67 bits per heavy atom. The molecule has 0 saturated carbocycles. The molecule has 0 N–H and O–H groups in total. The second-order valence-corrected chi connectivity index (χ2v) is 5.16. The number of ketones is 1. The molecule has 2 aromatic rings. The molecule has 0 saturated heterocycles. The average Bonchev–Trinajstić information content (AvgIpc) is 2.67. The molecule has 106 valence electrons. The highest BCUT2D eigenvalue weighted by Crippen LogP contribution is 2.33.